The molecule has 1 unspecified atom stereocenters. The standard InChI is InChI=1S/C31H49N5O4/c1-3-4-7-16-28(37)36(25-14-10-6-11-15-25)30(39)22-40-26-18-17-23-20-35(31(32)33-27(23)19-26)21-29(38)34(2)24-12-8-5-9-13-24/h17-19,24-25,28,37H,3-16,20-22H2,1-2H3,(H2,32,33). The number of aliphatic hydroxyl groups excluding tert-OH is 1. The molecule has 0 bridgehead atoms. The number of carbonyl (C=O) groups excluding carboxylic acids is 2. The maximum absolute atomic E-state index is 13.3. The van der Waals surface area contributed by atoms with Crippen LogP contribution in [-0.2, 0) is 16.1 Å². The van der Waals surface area contributed by atoms with Gasteiger partial charge in [0.1, 0.15) is 18.5 Å². The highest BCUT2D eigenvalue weighted by atomic mass is 16.5. The molecule has 3 aliphatic rings. The summed E-state index contributed by atoms with van der Waals surface area (Å²) in [5.41, 5.74) is 7.92. The number of unbranched alkanes of at least 4 members (excludes halogenated alkanes) is 2. The lowest BCUT2D eigenvalue weighted by Gasteiger charge is -2.37. The number of benzene rings is 1. The van der Waals surface area contributed by atoms with Crippen molar-refractivity contribution in [3.8, 4) is 5.75 Å². The Morgan fingerprint density at radius 3 is 2.40 bits per heavy atom. The van der Waals surface area contributed by atoms with Crippen molar-refractivity contribution < 1.29 is 19.4 Å². The lowest BCUT2D eigenvalue weighted by molar-refractivity contribution is -0.150. The summed E-state index contributed by atoms with van der Waals surface area (Å²) in [5.74, 6) is 0.730. The van der Waals surface area contributed by atoms with E-state index in [1.807, 2.05) is 29.0 Å². The molecule has 0 spiro atoms. The quantitative estimate of drug-likeness (QED) is 0.286. The van der Waals surface area contributed by atoms with Crippen LogP contribution in [0.2, 0.25) is 0 Å². The fourth-order valence-electron chi connectivity index (χ4n) is 6.34. The predicted octanol–water partition coefficient (Wildman–Crippen LogP) is 4.68. The summed E-state index contributed by atoms with van der Waals surface area (Å²) in [7, 11) is 1.90. The topological polar surface area (TPSA) is 112 Å². The molecule has 1 heterocycles. The van der Waals surface area contributed by atoms with Gasteiger partial charge >= 0.3 is 0 Å². The highest BCUT2D eigenvalue weighted by molar-refractivity contribution is 5.88. The highest BCUT2D eigenvalue weighted by Gasteiger charge is 2.31. The lowest BCUT2D eigenvalue weighted by atomic mass is 9.93. The van der Waals surface area contributed by atoms with E-state index in [2.05, 4.69) is 11.9 Å². The van der Waals surface area contributed by atoms with E-state index in [-0.39, 0.29) is 31.0 Å². The molecule has 0 saturated heterocycles. The van der Waals surface area contributed by atoms with Crippen molar-refractivity contribution in [3.63, 3.8) is 0 Å². The van der Waals surface area contributed by atoms with Crippen LogP contribution in [0.5, 0.6) is 5.75 Å². The van der Waals surface area contributed by atoms with Crippen LogP contribution in [0.25, 0.3) is 0 Å². The van der Waals surface area contributed by atoms with Gasteiger partial charge in [-0.25, -0.2) is 4.99 Å². The van der Waals surface area contributed by atoms with E-state index in [9.17, 15) is 14.7 Å². The molecule has 9 nitrogen and oxygen atoms in total. The van der Waals surface area contributed by atoms with Gasteiger partial charge < -0.3 is 30.3 Å². The second-order valence-corrected chi connectivity index (χ2v) is 11.8. The number of hydrogen-bond acceptors (Lipinski definition) is 7. The van der Waals surface area contributed by atoms with E-state index in [0.29, 0.717) is 36.4 Å². The van der Waals surface area contributed by atoms with Crippen LogP contribution in [0.15, 0.2) is 23.2 Å². The molecule has 2 fully saturated rings. The number of fused-ring (bicyclic) bond motifs is 1. The van der Waals surface area contributed by atoms with E-state index < -0.39 is 6.23 Å². The van der Waals surface area contributed by atoms with Gasteiger partial charge in [0.25, 0.3) is 5.91 Å². The summed E-state index contributed by atoms with van der Waals surface area (Å²) in [5, 5.41) is 10.9. The zero-order valence-electron chi connectivity index (χ0n) is 24.5. The molecule has 1 aromatic rings. The van der Waals surface area contributed by atoms with Crippen molar-refractivity contribution in [2.24, 2.45) is 10.7 Å². The van der Waals surface area contributed by atoms with Crippen molar-refractivity contribution >= 4 is 23.5 Å². The maximum Gasteiger partial charge on any atom is 0.262 e. The number of nitrogens with zero attached hydrogens (tertiary/aromatic N) is 4. The molecular weight excluding hydrogens is 506 g/mol. The van der Waals surface area contributed by atoms with Gasteiger partial charge in [0.2, 0.25) is 5.91 Å². The molecule has 1 atom stereocenters. The van der Waals surface area contributed by atoms with Crippen molar-refractivity contribution in [2.45, 2.75) is 122 Å². The summed E-state index contributed by atoms with van der Waals surface area (Å²) in [6.45, 7) is 2.70. The molecule has 0 aromatic heterocycles. The summed E-state index contributed by atoms with van der Waals surface area (Å²) in [4.78, 5) is 36.2. The molecule has 2 aliphatic carbocycles. The second-order valence-electron chi connectivity index (χ2n) is 11.8. The average molecular weight is 556 g/mol. The second kappa shape index (κ2) is 14.7. The van der Waals surface area contributed by atoms with Crippen LogP contribution in [0.1, 0.15) is 102 Å². The molecule has 1 aliphatic heterocycles. The van der Waals surface area contributed by atoms with Gasteiger partial charge in [0.15, 0.2) is 12.6 Å². The Balaban J connectivity index is 1.35. The summed E-state index contributed by atoms with van der Waals surface area (Å²) < 4.78 is 5.92. The Hall–Kier alpha value is -2.81. The fraction of sp³-hybridized carbons (Fsp3) is 0.710. The zero-order valence-corrected chi connectivity index (χ0v) is 24.5. The number of hydrogen-bond donors (Lipinski definition) is 2. The Bertz CT molecular complexity index is 1020. The Morgan fingerprint density at radius 2 is 1.73 bits per heavy atom. The molecule has 40 heavy (non-hydrogen) atoms. The third-order valence-corrected chi connectivity index (χ3v) is 8.82. The highest BCUT2D eigenvalue weighted by Crippen LogP contribution is 2.31. The number of ether oxygens (including phenoxy) is 1. The first kappa shape index (κ1) is 30.2. The average Bonchev–Trinajstić information content (AvgIpc) is 2.97. The predicted molar refractivity (Wildman–Crippen MR) is 157 cm³/mol. The van der Waals surface area contributed by atoms with Crippen molar-refractivity contribution in [3.05, 3.63) is 23.8 Å². The van der Waals surface area contributed by atoms with Gasteiger partial charge in [-0.2, -0.15) is 0 Å². The molecule has 222 valence electrons. The number of nitrogens with two attached hydrogens (primary N) is 1. The first-order valence-electron chi connectivity index (χ1n) is 15.5. The van der Waals surface area contributed by atoms with Gasteiger partial charge in [-0.15, -0.1) is 0 Å². The number of likely N-dealkylation sites (N-methyl/N-ethyl adjacent to an activating group) is 1. The normalized spacial score (nSPS) is 19.0. The number of aliphatic hydroxyl groups is 1. The van der Waals surface area contributed by atoms with Crippen LogP contribution < -0.4 is 10.5 Å². The number of aliphatic imine (C=N–C) groups is 1. The maximum atomic E-state index is 13.3. The molecule has 0 radical (unpaired) electrons. The van der Waals surface area contributed by atoms with Crippen molar-refractivity contribution in [1.29, 1.82) is 0 Å². The minimum atomic E-state index is -0.774. The van der Waals surface area contributed by atoms with E-state index in [1.165, 1.54) is 25.7 Å². The molecule has 4 rings (SSSR count). The van der Waals surface area contributed by atoms with E-state index >= 15 is 0 Å². The summed E-state index contributed by atoms with van der Waals surface area (Å²) >= 11 is 0. The summed E-state index contributed by atoms with van der Waals surface area (Å²) in [6, 6.07) is 5.93. The van der Waals surface area contributed by atoms with Crippen molar-refractivity contribution in [1.82, 2.24) is 14.7 Å². The van der Waals surface area contributed by atoms with Crippen LogP contribution in [0.4, 0.5) is 5.69 Å². The molecule has 9 heteroatoms. The monoisotopic (exact) mass is 555 g/mol. The zero-order chi connectivity index (χ0) is 28.5. The smallest absolute Gasteiger partial charge is 0.262 e. The minimum absolute atomic E-state index is 0.0615. The fourth-order valence-corrected chi connectivity index (χ4v) is 6.34. The van der Waals surface area contributed by atoms with Gasteiger partial charge in [-0.05, 0) is 50.2 Å². The molecule has 3 N–H and O–H groups in total. The Morgan fingerprint density at radius 1 is 1.05 bits per heavy atom. The van der Waals surface area contributed by atoms with Crippen LogP contribution in [-0.4, -0.2) is 76.1 Å². The van der Waals surface area contributed by atoms with Crippen molar-refractivity contribution in [2.75, 3.05) is 20.2 Å². The van der Waals surface area contributed by atoms with Crippen LogP contribution in [0, 0.1) is 0 Å². The largest absolute Gasteiger partial charge is 0.484 e. The number of carbonyl (C=O) groups is 2. The molecule has 2 amide bonds. The van der Waals surface area contributed by atoms with Crippen LogP contribution >= 0.6 is 0 Å². The van der Waals surface area contributed by atoms with Gasteiger partial charge in [0.05, 0.1) is 5.69 Å². The number of amides is 2. The van der Waals surface area contributed by atoms with Gasteiger partial charge in [-0.3, -0.25) is 9.59 Å². The van der Waals surface area contributed by atoms with Gasteiger partial charge in [0, 0.05) is 31.7 Å². The molecular formula is C31H49N5O4. The van der Waals surface area contributed by atoms with Crippen LogP contribution in [0.3, 0.4) is 0 Å². The lowest BCUT2D eigenvalue weighted by Crippen LogP contribution is -2.49. The number of rotatable bonds is 12. The van der Waals surface area contributed by atoms with E-state index in [0.717, 1.165) is 63.4 Å². The SMILES string of the molecule is CCCCCC(O)N(C(=O)COc1ccc2c(c1)N=C(N)N(CC(=O)N(C)C1CCCCC1)C2)C1CCCCC1. The summed E-state index contributed by atoms with van der Waals surface area (Å²) in [6.07, 6.45) is 13.8. The van der Waals surface area contributed by atoms with E-state index in [4.69, 9.17) is 10.5 Å². The molecule has 1 aromatic carbocycles. The first-order chi connectivity index (χ1) is 19.4. The Kier molecular flexibility index (Phi) is 11.1. The van der Waals surface area contributed by atoms with E-state index in [1.54, 1.807) is 11.0 Å². The third-order valence-electron chi connectivity index (χ3n) is 8.82. The Labute approximate surface area is 239 Å². The molecule has 2 saturated carbocycles. The third kappa shape index (κ3) is 7.89. The van der Waals surface area contributed by atoms with Gasteiger partial charge in [-0.1, -0.05) is 64.4 Å². The first-order valence-corrected chi connectivity index (χ1v) is 15.5. The minimum Gasteiger partial charge on any atom is -0.484 e. The number of guanidine groups is 1.